The van der Waals surface area contributed by atoms with Gasteiger partial charge in [0.25, 0.3) is 0 Å². The Labute approximate surface area is 240 Å². The number of thioether (sulfide) groups is 1. The second-order valence-electron chi connectivity index (χ2n) is 11.1. The van der Waals surface area contributed by atoms with Gasteiger partial charge in [0.15, 0.2) is 0 Å². The Morgan fingerprint density at radius 2 is 1.79 bits per heavy atom. The number of nitrogens with one attached hydrogen (secondary N) is 1. The van der Waals surface area contributed by atoms with Gasteiger partial charge in [-0.05, 0) is 87.4 Å². The first kappa shape index (κ1) is 31.5. The van der Waals surface area contributed by atoms with Gasteiger partial charge in [-0.1, -0.05) is 46.0 Å². The van der Waals surface area contributed by atoms with E-state index >= 15 is 0 Å². The number of carbonyl (C=O) groups is 1. The minimum absolute atomic E-state index is 0.0998. The molecule has 0 radical (unpaired) electrons. The Balaban J connectivity index is 1.58. The van der Waals surface area contributed by atoms with Crippen molar-refractivity contribution in [2.75, 3.05) is 44.8 Å². The number of amides is 1. The zero-order valence-electron chi connectivity index (χ0n) is 24.6. The van der Waals surface area contributed by atoms with E-state index in [0.29, 0.717) is 24.9 Å². The lowest BCUT2D eigenvalue weighted by Crippen LogP contribution is -2.49. The van der Waals surface area contributed by atoms with Gasteiger partial charge in [0, 0.05) is 42.5 Å². The molecule has 2 aromatic rings. The van der Waals surface area contributed by atoms with Crippen molar-refractivity contribution in [1.82, 2.24) is 14.8 Å². The van der Waals surface area contributed by atoms with E-state index in [2.05, 4.69) is 34.9 Å². The van der Waals surface area contributed by atoms with E-state index in [1.54, 1.807) is 0 Å². The number of aromatic nitrogens is 1. The maximum atomic E-state index is 13.8. The van der Waals surface area contributed by atoms with Crippen LogP contribution in [0.3, 0.4) is 0 Å². The standard InChI is InChI=1S/C32H51N3O3S/c1-4-34(5-2)25-28(20-22-39-3)35(24-26-13-9-7-6-8-10-14-26)32(37)15-11-12-21-38-29-17-18-30-27(23-29)16-19-31(36)33-30/h16-19,23,26,28H,4-15,20-22,24-25H2,1-3H3,(H,33,36). The molecule has 1 unspecified atom stereocenters. The van der Waals surface area contributed by atoms with Crippen molar-refractivity contribution in [1.29, 1.82) is 0 Å². The summed E-state index contributed by atoms with van der Waals surface area (Å²) in [5.74, 6) is 2.84. The van der Waals surface area contributed by atoms with Crippen LogP contribution in [0.4, 0.5) is 0 Å². The molecule has 1 fully saturated rings. The lowest BCUT2D eigenvalue weighted by molar-refractivity contribution is -0.135. The minimum atomic E-state index is -0.0998. The van der Waals surface area contributed by atoms with Gasteiger partial charge in [-0.3, -0.25) is 9.59 Å². The summed E-state index contributed by atoms with van der Waals surface area (Å²) in [6, 6.07) is 9.37. The summed E-state index contributed by atoms with van der Waals surface area (Å²) in [6.07, 6.45) is 14.7. The summed E-state index contributed by atoms with van der Waals surface area (Å²) in [7, 11) is 0. The van der Waals surface area contributed by atoms with Crippen molar-refractivity contribution in [3.8, 4) is 5.75 Å². The number of benzene rings is 1. The molecule has 0 aliphatic heterocycles. The van der Waals surface area contributed by atoms with Crippen LogP contribution in [-0.4, -0.2) is 71.5 Å². The smallest absolute Gasteiger partial charge is 0.248 e. The molecule has 7 heteroatoms. The van der Waals surface area contributed by atoms with E-state index in [-0.39, 0.29) is 11.6 Å². The van der Waals surface area contributed by atoms with Gasteiger partial charge < -0.3 is 19.5 Å². The van der Waals surface area contributed by atoms with Crippen molar-refractivity contribution >= 4 is 28.6 Å². The van der Waals surface area contributed by atoms with Gasteiger partial charge in [0.2, 0.25) is 11.5 Å². The van der Waals surface area contributed by atoms with Crippen LogP contribution in [-0.2, 0) is 4.79 Å². The Morgan fingerprint density at radius 1 is 1.05 bits per heavy atom. The second-order valence-corrected chi connectivity index (χ2v) is 12.0. The highest BCUT2D eigenvalue weighted by molar-refractivity contribution is 7.98. The molecule has 0 saturated heterocycles. The molecule has 1 aromatic carbocycles. The van der Waals surface area contributed by atoms with E-state index in [9.17, 15) is 9.59 Å². The third-order valence-electron chi connectivity index (χ3n) is 8.21. The molecule has 1 heterocycles. The molecular weight excluding hydrogens is 506 g/mol. The number of unbranched alkanes of at least 4 members (excludes halogenated alkanes) is 1. The van der Waals surface area contributed by atoms with Gasteiger partial charge in [0.05, 0.1) is 6.61 Å². The lowest BCUT2D eigenvalue weighted by Gasteiger charge is -2.38. The van der Waals surface area contributed by atoms with E-state index < -0.39 is 0 Å². The first-order valence-electron chi connectivity index (χ1n) is 15.3. The predicted octanol–water partition coefficient (Wildman–Crippen LogP) is 6.73. The number of carbonyl (C=O) groups excluding carboxylic acids is 1. The lowest BCUT2D eigenvalue weighted by atomic mass is 9.90. The van der Waals surface area contributed by atoms with E-state index in [1.807, 2.05) is 36.0 Å². The van der Waals surface area contributed by atoms with Gasteiger partial charge in [-0.25, -0.2) is 0 Å². The number of likely N-dealkylation sites (N-methyl/N-ethyl adjacent to an activating group) is 1. The average Bonchev–Trinajstić information content (AvgIpc) is 2.92. The average molecular weight is 558 g/mol. The molecule has 39 heavy (non-hydrogen) atoms. The number of ether oxygens (including phenoxy) is 1. The second kappa shape index (κ2) is 17.6. The maximum Gasteiger partial charge on any atom is 0.248 e. The van der Waals surface area contributed by atoms with Crippen LogP contribution in [0.2, 0.25) is 0 Å². The zero-order chi connectivity index (χ0) is 27.9. The topological polar surface area (TPSA) is 65.6 Å². The summed E-state index contributed by atoms with van der Waals surface area (Å²) in [5.41, 5.74) is 0.711. The SMILES string of the molecule is CCN(CC)CC(CCSC)N(CC1CCCCCCC1)C(=O)CCCCOc1ccc2[nH]c(=O)ccc2c1. The molecule has 1 aromatic heterocycles. The number of H-pyrrole nitrogens is 1. The van der Waals surface area contributed by atoms with Crippen molar-refractivity contribution < 1.29 is 9.53 Å². The largest absolute Gasteiger partial charge is 0.494 e. The van der Waals surface area contributed by atoms with Gasteiger partial charge >= 0.3 is 0 Å². The normalized spacial score (nSPS) is 15.7. The predicted molar refractivity (Wildman–Crippen MR) is 166 cm³/mol. The minimum Gasteiger partial charge on any atom is -0.494 e. The Hall–Kier alpha value is -1.99. The van der Waals surface area contributed by atoms with Crippen LogP contribution < -0.4 is 10.3 Å². The van der Waals surface area contributed by atoms with Gasteiger partial charge in [-0.15, -0.1) is 0 Å². The van der Waals surface area contributed by atoms with Crippen LogP contribution in [0.15, 0.2) is 35.1 Å². The van der Waals surface area contributed by atoms with Gasteiger partial charge in [-0.2, -0.15) is 11.8 Å². The number of hydrogen-bond donors (Lipinski definition) is 1. The first-order valence-corrected chi connectivity index (χ1v) is 16.7. The summed E-state index contributed by atoms with van der Waals surface area (Å²) < 4.78 is 5.99. The molecule has 1 saturated carbocycles. The highest BCUT2D eigenvalue weighted by Crippen LogP contribution is 2.26. The summed E-state index contributed by atoms with van der Waals surface area (Å²) in [4.78, 5) is 32.9. The van der Waals surface area contributed by atoms with Gasteiger partial charge in [0.1, 0.15) is 5.75 Å². The fraction of sp³-hybridized carbons (Fsp3) is 0.688. The molecule has 218 valence electrons. The quantitative estimate of drug-likeness (QED) is 0.232. The number of nitrogens with zero attached hydrogens (tertiary/aromatic N) is 2. The summed E-state index contributed by atoms with van der Waals surface area (Å²) in [6.45, 7) is 8.99. The Morgan fingerprint density at radius 3 is 2.51 bits per heavy atom. The molecular formula is C32H51N3O3S. The number of fused-ring (bicyclic) bond motifs is 1. The monoisotopic (exact) mass is 557 g/mol. The number of aromatic amines is 1. The first-order chi connectivity index (χ1) is 19.0. The Kier molecular flexibility index (Phi) is 14.3. The molecule has 1 aliphatic rings. The number of rotatable bonds is 16. The number of pyridine rings is 1. The van der Waals surface area contributed by atoms with Crippen molar-refractivity contribution in [3.05, 3.63) is 40.7 Å². The molecule has 1 atom stereocenters. The molecule has 0 bridgehead atoms. The highest BCUT2D eigenvalue weighted by Gasteiger charge is 2.27. The van der Waals surface area contributed by atoms with E-state index in [0.717, 1.165) is 67.8 Å². The van der Waals surface area contributed by atoms with Crippen LogP contribution >= 0.6 is 11.8 Å². The highest BCUT2D eigenvalue weighted by atomic mass is 32.2. The fourth-order valence-corrected chi connectivity index (χ4v) is 6.28. The molecule has 1 aliphatic carbocycles. The van der Waals surface area contributed by atoms with Crippen molar-refractivity contribution in [3.63, 3.8) is 0 Å². The third kappa shape index (κ3) is 10.8. The third-order valence-corrected chi connectivity index (χ3v) is 8.85. The van der Waals surface area contributed by atoms with Crippen LogP contribution in [0.5, 0.6) is 5.75 Å². The fourth-order valence-electron chi connectivity index (χ4n) is 5.77. The van der Waals surface area contributed by atoms with Crippen LogP contribution in [0, 0.1) is 5.92 Å². The van der Waals surface area contributed by atoms with E-state index in [1.165, 1.54) is 51.0 Å². The molecule has 6 nitrogen and oxygen atoms in total. The van der Waals surface area contributed by atoms with Crippen molar-refractivity contribution in [2.24, 2.45) is 5.92 Å². The Bertz CT molecular complexity index is 1030. The summed E-state index contributed by atoms with van der Waals surface area (Å²) in [5, 5.41) is 0.955. The van der Waals surface area contributed by atoms with Crippen LogP contribution in [0.25, 0.3) is 10.9 Å². The maximum absolute atomic E-state index is 13.8. The zero-order valence-corrected chi connectivity index (χ0v) is 25.4. The molecule has 0 spiro atoms. The molecule has 1 amide bonds. The van der Waals surface area contributed by atoms with Crippen LogP contribution in [0.1, 0.15) is 84.5 Å². The number of hydrogen-bond acceptors (Lipinski definition) is 5. The molecule has 3 rings (SSSR count). The molecule has 1 N–H and O–H groups in total. The van der Waals surface area contributed by atoms with Crippen molar-refractivity contribution in [2.45, 2.75) is 90.5 Å². The summed E-state index contributed by atoms with van der Waals surface area (Å²) >= 11 is 1.89. The van der Waals surface area contributed by atoms with E-state index in [4.69, 9.17) is 4.74 Å².